The van der Waals surface area contributed by atoms with Crippen molar-refractivity contribution >= 4 is 11.6 Å². The van der Waals surface area contributed by atoms with Gasteiger partial charge in [-0.15, -0.1) is 0 Å². The quantitative estimate of drug-likeness (QED) is 0.815. The number of hydrogen-bond donors (Lipinski definition) is 2. The van der Waals surface area contributed by atoms with Gasteiger partial charge in [-0.1, -0.05) is 24.3 Å². The van der Waals surface area contributed by atoms with E-state index in [-0.39, 0.29) is 0 Å². The number of hydrogen-bond acceptors (Lipinski definition) is 3. The van der Waals surface area contributed by atoms with Gasteiger partial charge in [-0.3, -0.25) is 9.69 Å². The van der Waals surface area contributed by atoms with E-state index in [1.807, 2.05) is 49.5 Å². The van der Waals surface area contributed by atoms with Crippen LogP contribution < -0.4 is 11.5 Å². The second-order valence-corrected chi connectivity index (χ2v) is 4.98. The maximum absolute atomic E-state index is 11.2. The minimum atomic E-state index is -0.395. The summed E-state index contributed by atoms with van der Waals surface area (Å²) in [6.45, 7) is 1.58. The van der Waals surface area contributed by atoms with Gasteiger partial charge >= 0.3 is 0 Å². The molecule has 4 heteroatoms. The van der Waals surface area contributed by atoms with Crippen molar-refractivity contribution < 1.29 is 4.79 Å². The van der Waals surface area contributed by atoms with Gasteiger partial charge in [0.25, 0.3) is 0 Å². The Morgan fingerprint density at radius 2 is 1.70 bits per heavy atom. The van der Waals surface area contributed by atoms with E-state index in [0.717, 1.165) is 24.3 Å². The molecule has 0 bridgehead atoms. The molecule has 104 valence electrons. The zero-order chi connectivity index (χ0) is 14.5. The molecule has 0 aliphatic heterocycles. The molecular weight excluding hydrogens is 250 g/mol. The number of nitrogens with two attached hydrogens (primary N) is 2. The summed E-state index contributed by atoms with van der Waals surface area (Å²) in [5.74, 6) is -0.395. The van der Waals surface area contributed by atoms with E-state index in [0.29, 0.717) is 5.56 Å². The van der Waals surface area contributed by atoms with Crippen molar-refractivity contribution in [3.05, 3.63) is 65.2 Å². The molecule has 0 spiro atoms. The first-order chi connectivity index (χ1) is 9.54. The fraction of sp³-hybridized carbons (Fsp3) is 0.188. The minimum absolute atomic E-state index is 0.395. The summed E-state index contributed by atoms with van der Waals surface area (Å²) in [7, 11) is 2.04. The number of nitrogens with zero attached hydrogens (tertiary/aromatic N) is 1. The van der Waals surface area contributed by atoms with Crippen LogP contribution >= 0.6 is 0 Å². The van der Waals surface area contributed by atoms with E-state index in [1.165, 1.54) is 5.56 Å². The first-order valence-electron chi connectivity index (χ1n) is 6.46. The molecule has 0 aromatic heterocycles. The normalized spacial score (nSPS) is 10.7. The lowest BCUT2D eigenvalue weighted by Gasteiger charge is -2.17. The van der Waals surface area contributed by atoms with Gasteiger partial charge in [-0.2, -0.15) is 0 Å². The van der Waals surface area contributed by atoms with Crippen molar-refractivity contribution in [3.8, 4) is 0 Å². The average Bonchev–Trinajstić information content (AvgIpc) is 2.41. The highest BCUT2D eigenvalue weighted by atomic mass is 16.1. The minimum Gasteiger partial charge on any atom is -0.399 e. The molecule has 0 atom stereocenters. The lowest BCUT2D eigenvalue weighted by atomic mass is 10.1. The molecule has 1 amide bonds. The molecule has 0 saturated heterocycles. The number of carbonyl (C=O) groups is 1. The lowest BCUT2D eigenvalue weighted by molar-refractivity contribution is 0.1000. The predicted octanol–water partition coefficient (Wildman–Crippen LogP) is 2.00. The Hall–Kier alpha value is -2.33. The van der Waals surface area contributed by atoms with Crippen LogP contribution in [-0.4, -0.2) is 17.9 Å². The van der Waals surface area contributed by atoms with Gasteiger partial charge in [0, 0.05) is 24.3 Å². The Bertz CT molecular complexity index is 593. The first-order valence-corrected chi connectivity index (χ1v) is 6.46. The predicted molar refractivity (Wildman–Crippen MR) is 81.0 cm³/mol. The highest BCUT2D eigenvalue weighted by Crippen LogP contribution is 2.11. The number of carbonyl (C=O) groups excluding carboxylic acids is 1. The van der Waals surface area contributed by atoms with E-state index < -0.39 is 5.91 Å². The smallest absolute Gasteiger partial charge is 0.248 e. The molecule has 0 fully saturated rings. The molecule has 0 unspecified atom stereocenters. The Balaban J connectivity index is 2.00. The molecule has 2 aromatic rings. The van der Waals surface area contributed by atoms with Gasteiger partial charge in [0.05, 0.1) is 0 Å². The Kier molecular flexibility index (Phi) is 4.38. The van der Waals surface area contributed by atoms with Gasteiger partial charge in [0.15, 0.2) is 0 Å². The maximum Gasteiger partial charge on any atom is 0.248 e. The van der Waals surface area contributed by atoms with Crippen molar-refractivity contribution in [1.29, 1.82) is 0 Å². The zero-order valence-electron chi connectivity index (χ0n) is 11.5. The monoisotopic (exact) mass is 269 g/mol. The second-order valence-electron chi connectivity index (χ2n) is 4.98. The van der Waals surface area contributed by atoms with E-state index in [9.17, 15) is 4.79 Å². The number of rotatable bonds is 5. The third kappa shape index (κ3) is 3.83. The largest absolute Gasteiger partial charge is 0.399 e. The molecular formula is C16H19N3O. The average molecular weight is 269 g/mol. The van der Waals surface area contributed by atoms with Crippen LogP contribution in [0, 0.1) is 0 Å². The molecule has 0 radical (unpaired) electrons. The summed E-state index contributed by atoms with van der Waals surface area (Å²) >= 11 is 0. The summed E-state index contributed by atoms with van der Waals surface area (Å²) in [6, 6.07) is 15.2. The zero-order valence-corrected chi connectivity index (χ0v) is 11.5. The SMILES string of the molecule is CN(Cc1ccc(N)cc1)Cc1cccc(C(N)=O)c1. The summed E-state index contributed by atoms with van der Waals surface area (Å²) in [5, 5.41) is 0. The van der Waals surface area contributed by atoms with Crippen molar-refractivity contribution in [2.75, 3.05) is 12.8 Å². The molecule has 20 heavy (non-hydrogen) atoms. The summed E-state index contributed by atoms with van der Waals surface area (Å²) < 4.78 is 0. The van der Waals surface area contributed by atoms with Crippen LogP contribution in [0.1, 0.15) is 21.5 Å². The van der Waals surface area contributed by atoms with Crippen molar-refractivity contribution in [3.63, 3.8) is 0 Å². The molecule has 2 rings (SSSR count). The van der Waals surface area contributed by atoms with E-state index in [2.05, 4.69) is 4.90 Å². The molecule has 0 saturated carbocycles. The Labute approximate surface area is 119 Å². The highest BCUT2D eigenvalue weighted by Gasteiger charge is 2.05. The number of anilines is 1. The van der Waals surface area contributed by atoms with Crippen LogP contribution in [0.4, 0.5) is 5.69 Å². The van der Waals surface area contributed by atoms with Gasteiger partial charge in [0.1, 0.15) is 0 Å². The van der Waals surface area contributed by atoms with Crippen LogP contribution in [0.25, 0.3) is 0 Å². The molecule has 0 heterocycles. The van der Waals surface area contributed by atoms with Crippen molar-refractivity contribution in [1.82, 2.24) is 4.90 Å². The van der Waals surface area contributed by atoms with Gasteiger partial charge < -0.3 is 11.5 Å². The standard InChI is InChI=1S/C16H19N3O/c1-19(10-12-5-7-15(17)8-6-12)11-13-3-2-4-14(9-13)16(18)20/h2-9H,10-11,17H2,1H3,(H2,18,20). The van der Waals surface area contributed by atoms with Crippen LogP contribution in [0.3, 0.4) is 0 Å². The van der Waals surface area contributed by atoms with E-state index in [4.69, 9.17) is 11.5 Å². The van der Waals surface area contributed by atoms with Crippen LogP contribution in [0.2, 0.25) is 0 Å². The molecule has 2 aromatic carbocycles. The van der Waals surface area contributed by atoms with E-state index >= 15 is 0 Å². The topological polar surface area (TPSA) is 72.3 Å². The van der Waals surface area contributed by atoms with Crippen LogP contribution in [-0.2, 0) is 13.1 Å². The molecule has 4 nitrogen and oxygen atoms in total. The molecule has 4 N–H and O–H groups in total. The number of amides is 1. The van der Waals surface area contributed by atoms with Gasteiger partial charge in [-0.25, -0.2) is 0 Å². The number of benzene rings is 2. The number of primary amides is 1. The maximum atomic E-state index is 11.2. The van der Waals surface area contributed by atoms with Crippen LogP contribution in [0.15, 0.2) is 48.5 Å². The van der Waals surface area contributed by atoms with E-state index in [1.54, 1.807) is 6.07 Å². The molecule has 0 aliphatic rings. The second kappa shape index (κ2) is 6.21. The number of nitrogen functional groups attached to an aromatic ring is 1. The van der Waals surface area contributed by atoms with Gasteiger partial charge in [0.2, 0.25) is 5.91 Å². The third-order valence-corrected chi connectivity index (χ3v) is 3.10. The first kappa shape index (κ1) is 14.1. The Morgan fingerprint density at radius 1 is 1.05 bits per heavy atom. The summed E-state index contributed by atoms with van der Waals surface area (Å²) in [6.07, 6.45) is 0. The van der Waals surface area contributed by atoms with Gasteiger partial charge in [-0.05, 0) is 42.4 Å². The highest BCUT2D eigenvalue weighted by molar-refractivity contribution is 5.92. The summed E-state index contributed by atoms with van der Waals surface area (Å²) in [5.41, 5.74) is 14.5. The Morgan fingerprint density at radius 3 is 2.35 bits per heavy atom. The summed E-state index contributed by atoms with van der Waals surface area (Å²) in [4.78, 5) is 13.3. The lowest BCUT2D eigenvalue weighted by Crippen LogP contribution is -2.18. The third-order valence-electron chi connectivity index (χ3n) is 3.10. The van der Waals surface area contributed by atoms with Crippen molar-refractivity contribution in [2.24, 2.45) is 5.73 Å². The van der Waals surface area contributed by atoms with Crippen molar-refractivity contribution in [2.45, 2.75) is 13.1 Å². The molecule has 0 aliphatic carbocycles. The fourth-order valence-corrected chi connectivity index (χ4v) is 2.13. The van der Waals surface area contributed by atoms with Crippen LogP contribution in [0.5, 0.6) is 0 Å². The fourth-order valence-electron chi connectivity index (χ4n) is 2.13.